The molecule has 1 saturated heterocycles. The molecule has 2 N–H and O–H groups in total. The first-order valence-corrected chi connectivity index (χ1v) is 9.08. The average Bonchev–Trinajstić information content (AvgIpc) is 2.63. The van der Waals surface area contributed by atoms with Gasteiger partial charge in [0.05, 0.1) is 0 Å². The Morgan fingerprint density at radius 2 is 1.80 bits per heavy atom. The maximum absolute atomic E-state index is 12.1. The summed E-state index contributed by atoms with van der Waals surface area (Å²) in [5.74, 6) is -0.211. The van der Waals surface area contributed by atoms with Crippen molar-refractivity contribution in [2.75, 3.05) is 16.8 Å². The van der Waals surface area contributed by atoms with Crippen molar-refractivity contribution >= 4 is 34.6 Å². The quantitative estimate of drug-likeness (QED) is 0.812. The van der Waals surface area contributed by atoms with Crippen LogP contribution in [0.4, 0.5) is 11.4 Å². The standard InChI is InChI=1S/C20H23N3OS/c1-15-7-5-6-14-23(15)18-12-10-17(11-13-18)21-20(25)22-19(24)16-8-3-2-4-9-16/h2-4,8-13,15H,5-7,14H2,1H3,(H2,21,22,24,25). The van der Waals surface area contributed by atoms with E-state index in [4.69, 9.17) is 12.2 Å². The minimum absolute atomic E-state index is 0.211. The molecule has 1 unspecified atom stereocenters. The van der Waals surface area contributed by atoms with Crippen LogP contribution >= 0.6 is 12.2 Å². The van der Waals surface area contributed by atoms with Crippen molar-refractivity contribution in [1.29, 1.82) is 0 Å². The first kappa shape index (κ1) is 17.4. The van der Waals surface area contributed by atoms with E-state index in [1.165, 1.54) is 24.9 Å². The van der Waals surface area contributed by atoms with E-state index in [-0.39, 0.29) is 5.91 Å². The minimum Gasteiger partial charge on any atom is -0.369 e. The van der Waals surface area contributed by atoms with E-state index in [9.17, 15) is 4.79 Å². The predicted octanol–water partition coefficient (Wildman–Crippen LogP) is 4.19. The fourth-order valence-electron chi connectivity index (χ4n) is 3.15. The largest absolute Gasteiger partial charge is 0.369 e. The molecule has 1 aliphatic rings. The van der Waals surface area contributed by atoms with Crippen LogP contribution in [-0.4, -0.2) is 23.6 Å². The molecule has 2 aromatic rings. The Kier molecular flexibility index (Phi) is 5.66. The zero-order chi connectivity index (χ0) is 17.6. The fraction of sp³-hybridized carbons (Fsp3) is 0.300. The van der Waals surface area contributed by atoms with E-state index in [1.807, 2.05) is 30.3 Å². The van der Waals surface area contributed by atoms with E-state index in [0.717, 1.165) is 12.2 Å². The molecular formula is C20H23N3OS. The van der Waals surface area contributed by atoms with Crippen LogP contribution < -0.4 is 15.5 Å². The monoisotopic (exact) mass is 353 g/mol. The normalized spacial score (nSPS) is 17.0. The van der Waals surface area contributed by atoms with Gasteiger partial charge in [0.2, 0.25) is 0 Å². The molecule has 4 nitrogen and oxygen atoms in total. The Hall–Kier alpha value is -2.40. The number of amides is 1. The van der Waals surface area contributed by atoms with Gasteiger partial charge in [-0.15, -0.1) is 0 Å². The summed E-state index contributed by atoms with van der Waals surface area (Å²) in [7, 11) is 0. The molecule has 0 bridgehead atoms. The summed E-state index contributed by atoms with van der Waals surface area (Å²) >= 11 is 5.24. The molecule has 3 rings (SSSR count). The predicted molar refractivity (Wildman–Crippen MR) is 107 cm³/mol. The lowest BCUT2D eigenvalue weighted by atomic mass is 10.0. The molecular weight excluding hydrogens is 330 g/mol. The number of nitrogens with zero attached hydrogens (tertiary/aromatic N) is 1. The van der Waals surface area contributed by atoms with E-state index < -0.39 is 0 Å². The molecule has 0 radical (unpaired) electrons. The van der Waals surface area contributed by atoms with Gasteiger partial charge < -0.3 is 10.2 Å². The molecule has 0 spiro atoms. The van der Waals surface area contributed by atoms with Gasteiger partial charge in [-0.3, -0.25) is 10.1 Å². The average molecular weight is 353 g/mol. The van der Waals surface area contributed by atoms with Crippen molar-refractivity contribution in [2.24, 2.45) is 0 Å². The first-order valence-electron chi connectivity index (χ1n) is 8.67. The first-order chi connectivity index (χ1) is 12.1. The van der Waals surface area contributed by atoms with Gasteiger partial charge in [-0.1, -0.05) is 18.2 Å². The Balaban J connectivity index is 1.57. The summed E-state index contributed by atoms with van der Waals surface area (Å²) in [5, 5.41) is 6.06. The summed E-state index contributed by atoms with van der Waals surface area (Å²) in [4.78, 5) is 14.5. The summed E-state index contributed by atoms with van der Waals surface area (Å²) < 4.78 is 0. The summed E-state index contributed by atoms with van der Waals surface area (Å²) in [6, 6.07) is 17.8. The number of benzene rings is 2. The second-order valence-electron chi connectivity index (χ2n) is 6.36. The molecule has 1 fully saturated rings. The third-order valence-corrected chi connectivity index (χ3v) is 4.73. The summed E-state index contributed by atoms with van der Waals surface area (Å²) in [6.07, 6.45) is 3.81. The van der Waals surface area contributed by atoms with Crippen LogP contribution in [0.3, 0.4) is 0 Å². The number of rotatable bonds is 3. The zero-order valence-electron chi connectivity index (χ0n) is 14.4. The number of carbonyl (C=O) groups excluding carboxylic acids is 1. The van der Waals surface area contributed by atoms with E-state index >= 15 is 0 Å². The maximum atomic E-state index is 12.1. The van der Waals surface area contributed by atoms with Gasteiger partial charge in [-0.05, 0) is 74.8 Å². The van der Waals surface area contributed by atoms with Gasteiger partial charge >= 0.3 is 0 Å². The van der Waals surface area contributed by atoms with Crippen LogP contribution in [0.25, 0.3) is 0 Å². The van der Waals surface area contributed by atoms with E-state index in [2.05, 4.69) is 34.6 Å². The van der Waals surface area contributed by atoms with Gasteiger partial charge in [-0.25, -0.2) is 0 Å². The molecule has 0 saturated carbocycles. The van der Waals surface area contributed by atoms with Gasteiger partial charge in [0.15, 0.2) is 5.11 Å². The van der Waals surface area contributed by atoms with Gasteiger partial charge in [0, 0.05) is 29.5 Å². The van der Waals surface area contributed by atoms with Gasteiger partial charge in [-0.2, -0.15) is 0 Å². The molecule has 130 valence electrons. The number of hydrogen-bond donors (Lipinski definition) is 2. The Labute approximate surface area is 154 Å². The van der Waals surface area contributed by atoms with Crippen molar-refractivity contribution in [3.63, 3.8) is 0 Å². The molecule has 2 aromatic carbocycles. The Morgan fingerprint density at radius 1 is 1.08 bits per heavy atom. The Morgan fingerprint density at radius 3 is 2.48 bits per heavy atom. The van der Waals surface area contributed by atoms with Crippen molar-refractivity contribution in [3.8, 4) is 0 Å². The molecule has 0 aliphatic carbocycles. The summed E-state index contributed by atoms with van der Waals surface area (Å²) in [6.45, 7) is 3.39. The lowest BCUT2D eigenvalue weighted by Gasteiger charge is -2.35. The number of anilines is 2. The van der Waals surface area contributed by atoms with Crippen molar-refractivity contribution < 1.29 is 4.79 Å². The van der Waals surface area contributed by atoms with E-state index in [0.29, 0.717) is 16.7 Å². The molecule has 1 atom stereocenters. The number of carbonyl (C=O) groups is 1. The maximum Gasteiger partial charge on any atom is 0.257 e. The van der Waals surface area contributed by atoms with Crippen LogP contribution in [0.2, 0.25) is 0 Å². The van der Waals surface area contributed by atoms with Crippen molar-refractivity contribution in [1.82, 2.24) is 5.32 Å². The molecule has 1 amide bonds. The third kappa shape index (κ3) is 4.57. The van der Waals surface area contributed by atoms with Gasteiger partial charge in [0.25, 0.3) is 5.91 Å². The Bertz CT molecular complexity index is 730. The second-order valence-corrected chi connectivity index (χ2v) is 6.77. The lowest BCUT2D eigenvalue weighted by molar-refractivity contribution is 0.0977. The molecule has 1 heterocycles. The molecule has 25 heavy (non-hydrogen) atoms. The zero-order valence-corrected chi connectivity index (χ0v) is 15.2. The van der Waals surface area contributed by atoms with Crippen molar-refractivity contribution in [3.05, 3.63) is 60.2 Å². The smallest absolute Gasteiger partial charge is 0.257 e. The number of hydrogen-bond acceptors (Lipinski definition) is 3. The highest BCUT2D eigenvalue weighted by atomic mass is 32.1. The highest BCUT2D eigenvalue weighted by Crippen LogP contribution is 2.25. The van der Waals surface area contributed by atoms with Crippen LogP contribution in [-0.2, 0) is 0 Å². The minimum atomic E-state index is -0.211. The SMILES string of the molecule is CC1CCCCN1c1ccc(NC(=S)NC(=O)c2ccccc2)cc1. The fourth-order valence-corrected chi connectivity index (χ4v) is 3.36. The molecule has 0 aromatic heterocycles. The second kappa shape index (κ2) is 8.12. The number of thiocarbonyl (C=S) groups is 1. The lowest BCUT2D eigenvalue weighted by Crippen LogP contribution is -2.37. The summed E-state index contributed by atoms with van der Waals surface area (Å²) in [5.41, 5.74) is 2.69. The topological polar surface area (TPSA) is 44.4 Å². The molecule has 1 aliphatic heterocycles. The van der Waals surface area contributed by atoms with Crippen LogP contribution in [0.15, 0.2) is 54.6 Å². The van der Waals surface area contributed by atoms with Crippen LogP contribution in [0, 0.1) is 0 Å². The van der Waals surface area contributed by atoms with Gasteiger partial charge in [0.1, 0.15) is 0 Å². The number of nitrogens with one attached hydrogen (secondary N) is 2. The third-order valence-electron chi connectivity index (χ3n) is 4.52. The molecule has 5 heteroatoms. The van der Waals surface area contributed by atoms with Crippen LogP contribution in [0.5, 0.6) is 0 Å². The number of piperidine rings is 1. The van der Waals surface area contributed by atoms with Crippen LogP contribution in [0.1, 0.15) is 36.5 Å². The highest BCUT2D eigenvalue weighted by Gasteiger charge is 2.18. The highest BCUT2D eigenvalue weighted by molar-refractivity contribution is 7.80. The van der Waals surface area contributed by atoms with E-state index in [1.54, 1.807) is 12.1 Å². The van der Waals surface area contributed by atoms with Crippen molar-refractivity contribution in [2.45, 2.75) is 32.2 Å².